The lowest BCUT2D eigenvalue weighted by molar-refractivity contribution is -0.161. The highest BCUT2D eigenvalue weighted by Gasteiger charge is 2.30. The van der Waals surface area contributed by atoms with E-state index in [4.69, 9.17) is 37.0 Å². The van der Waals surface area contributed by atoms with Crippen molar-refractivity contribution in [3.8, 4) is 0 Å². The molecule has 558 valence electrons. The summed E-state index contributed by atoms with van der Waals surface area (Å²) < 4.78 is 68.3. The lowest BCUT2D eigenvalue weighted by atomic mass is 10.0. The zero-order chi connectivity index (χ0) is 69.1. The fourth-order valence-corrected chi connectivity index (χ4v) is 13.1. The number of carbonyl (C=O) groups excluding carboxylic acids is 4. The smallest absolute Gasteiger partial charge is 0.462 e. The molecule has 0 aliphatic rings. The molecule has 0 saturated carbocycles. The van der Waals surface area contributed by atoms with Gasteiger partial charge < -0.3 is 33.8 Å². The third-order valence-corrected chi connectivity index (χ3v) is 19.4. The monoisotopic (exact) mass is 1380 g/mol. The Morgan fingerprint density at radius 2 is 0.489 bits per heavy atom. The molecule has 94 heavy (non-hydrogen) atoms. The first-order valence-electron chi connectivity index (χ1n) is 39.1. The van der Waals surface area contributed by atoms with E-state index in [-0.39, 0.29) is 25.7 Å². The highest BCUT2D eigenvalue weighted by molar-refractivity contribution is 7.47. The Balaban J connectivity index is 5.14. The summed E-state index contributed by atoms with van der Waals surface area (Å²) in [5.74, 6) is -1.35. The number of phosphoric ester groups is 2. The first-order valence-corrected chi connectivity index (χ1v) is 42.1. The second-order valence-electron chi connectivity index (χ2n) is 27.5. The van der Waals surface area contributed by atoms with Gasteiger partial charge in [-0.05, 0) is 31.6 Å². The van der Waals surface area contributed by atoms with Crippen molar-refractivity contribution in [2.75, 3.05) is 39.6 Å². The molecule has 0 aromatic rings. The number of ether oxygens (including phenoxy) is 4. The molecule has 0 radical (unpaired) electrons. The van der Waals surface area contributed by atoms with E-state index in [0.29, 0.717) is 25.7 Å². The van der Waals surface area contributed by atoms with Gasteiger partial charge >= 0.3 is 39.5 Å². The van der Waals surface area contributed by atoms with Crippen LogP contribution in [0.1, 0.15) is 394 Å². The van der Waals surface area contributed by atoms with Crippen LogP contribution in [0.15, 0.2) is 0 Å². The van der Waals surface area contributed by atoms with Crippen molar-refractivity contribution >= 4 is 39.5 Å². The first-order chi connectivity index (χ1) is 45.5. The highest BCUT2D eigenvalue weighted by Crippen LogP contribution is 2.45. The summed E-state index contributed by atoms with van der Waals surface area (Å²) in [7, 11) is -9.90. The largest absolute Gasteiger partial charge is 0.472 e. The molecule has 0 saturated heterocycles. The molecule has 3 N–H and O–H groups in total. The predicted octanol–water partition coefficient (Wildman–Crippen LogP) is 22.1. The van der Waals surface area contributed by atoms with Gasteiger partial charge in [-0.15, -0.1) is 0 Å². The van der Waals surface area contributed by atoms with Gasteiger partial charge in [-0.25, -0.2) is 9.13 Å². The maximum absolute atomic E-state index is 13.1. The summed E-state index contributed by atoms with van der Waals surface area (Å²) in [6.07, 6.45) is 57.3. The summed E-state index contributed by atoms with van der Waals surface area (Å²) >= 11 is 0. The Morgan fingerprint density at radius 3 is 0.723 bits per heavy atom. The molecule has 0 amide bonds. The average Bonchev–Trinajstić information content (AvgIpc) is 1.93. The Kier molecular flexibility index (Phi) is 66.8. The van der Waals surface area contributed by atoms with E-state index < -0.39 is 97.5 Å². The molecule has 0 rings (SSSR count). The average molecular weight is 1380 g/mol. The summed E-state index contributed by atoms with van der Waals surface area (Å²) in [4.78, 5) is 72.5. The minimum Gasteiger partial charge on any atom is -0.462 e. The van der Waals surface area contributed by atoms with Crippen LogP contribution in [0.5, 0.6) is 0 Å². The Labute approximate surface area is 575 Å². The lowest BCUT2D eigenvalue weighted by Crippen LogP contribution is -2.30. The topological polar surface area (TPSA) is 237 Å². The van der Waals surface area contributed by atoms with Gasteiger partial charge in [0, 0.05) is 25.7 Å². The third-order valence-electron chi connectivity index (χ3n) is 17.5. The summed E-state index contributed by atoms with van der Waals surface area (Å²) in [5, 5.41) is 10.6. The Bertz CT molecular complexity index is 1810. The zero-order valence-electron chi connectivity index (χ0n) is 61.1. The second kappa shape index (κ2) is 68.2. The molecule has 19 heteroatoms. The molecular weight excluding hydrogens is 1230 g/mol. The molecule has 0 heterocycles. The molecule has 5 atom stereocenters. The van der Waals surface area contributed by atoms with Gasteiger partial charge in [-0.2, -0.15) is 0 Å². The fourth-order valence-electron chi connectivity index (χ4n) is 11.5. The molecule has 2 unspecified atom stereocenters. The van der Waals surface area contributed by atoms with Gasteiger partial charge in [-0.3, -0.25) is 37.3 Å². The van der Waals surface area contributed by atoms with Crippen LogP contribution in [0, 0.1) is 5.92 Å². The van der Waals surface area contributed by atoms with Crippen molar-refractivity contribution in [1.82, 2.24) is 0 Å². The molecule has 0 aromatic heterocycles. The Morgan fingerprint density at radius 1 is 0.287 bits per heavy atom. The normalized spacial score (nSPS) is 14.0. The van der Waals surface area contributed by atoms with Gasteiger partial charge in [0.2, 0.25) is 0 Å². The van der Waals surface area contributed by atoms with Gasteiger partial charge in [0.05, 0.1) is 26.4 Å². The zero-order valence-corrected chi connectivity index (χ0v) is 62.9. The standard InChI is InChI=1S/C75H146O17P2/c1-6-9-12-15-17-19-21-23-25-27-29-31-36-40-44-49-54-59-73(78)86-65-71(92-75(80)61-55-50-45-41-37-32-30-28-26-24-22-20-18-16-13-10-7-2)67-90-94(83,84)88-63-69(76)62-87-93(81,82)89-66-70(64-85-72(77)58-53-47-14-11-8-3)91-74(79)60-56-51-46-42-38-34-33-35-39-43-48-52-57-68(4)5/h68-71,76H,6-67H2,1-5H3,(H,81,82)(H,83,84)/t69-,70+,71+/m0/s1. The number of unbranched alkanes of at least 4 members (excludes halogenated alkanes) is 47. The van der Waals surface area contributed by atoms with Crippen molar-refractivity contribution in [2.45, 2.75) is 412 Å². The third kappa shape index (κ3) is 68.6. The highest BCUT2D eigenvalue weighted by atomic mass is 31.2. The molecule has 0 aliphatic heterocycles. The number of phosphoric acid groups is 2. The van der Waals surface area contributed by atoms with E-state index >= 15 is 0 Å². The van der Waals surface area contributed by atoms with E-state index in [9.17, 15) is 43.2 Å². The fraction of sp³-hybridized carbons (Fsp3) is 0.947. The summed E-state index contributed by atoms with van der Waals surface area (Å²) in [6.45, 7) is 7.21. The van der Waals surface area contributed by atoms with E-state index in [0.717, 1.165) is 102 Å². The van der Waals surface area contributed by atoms with Crippen LogP contribution in [-0.2, 0) is 65.4 Å². The van der Waals surface area contributed by atoms with Gasteiger partial charge in [0.15, 0.2) is 12.2 Å². The molecule has 0 aliphatic carbocycles. The van der Waals surface area contributed by atoms with Gasteiger partial charge in [-0.1, -0.05) is 343 Å². The number of esters is 4. The van der Waals surface area contributed by atoms with Gasteiger partial charge in [0.1, 0.15) is 19.3 Å². The number of aliphatic hydroxyl groups excluding tert-OH is 1. The minimum absolute atomic E-state index is 0.106. The van der Waals surface area contributed by atoms with Crippen LogP contribution in [0.2, 0.25) is 0 Å². The second-order valence-corrected chi connectivity index (χ2v) is 30.4. The van der Waals surface area contributed by atoms with Crippen LogP contribution in [-0.4, -0.2) is 96.7 Å². The first kappa shape index (κ1) is 92.1. The number of carbonyl (C=O) groups is 4. The van der Waals surface area contributed by atoms with Crippen LogP contribution in [0.25, 0.3) is 0 Å². The quantitative estimate of drug-likeness (QED) is 0.0222. The molecule has 0 fully saturated rings. The van der Waals surface area contributed by atoms with E-state index in [2.05, 4.69) is 34.6 Å². The van der Waals surface area contributed by atoms with Crippen molar-refractivity contribution in [2.24, 2.45) is 5.92 Å². The molecule has 17 nitrogen and oxygen atoms in total. The van der Waals surface area contributed by atoms with Crippen LogP contribution in [0.3, 0.4) is 0 Å². The van der Waals surface area contributed by atoms with Crippen LogP contribution < -0.4 is 0 Å². The van der Waals surface area contributed by atoms with Crippen LogP contribution in [0.4, 0.5) is 0 Å². The van der Waals surface area contributed by atoms with E-state index in [1.54, 1.807) is 0 Å². The van der Waals surface area contributed by atoms with E-state index in [1.807, 2.05) is 0 Å². The molecular formula is C75H146O17P2. The Hall–Kier alpha value is -1.94. The van der Waals surface area contributed by atoms with Crippen molar-refractivity contribution in [3.05, 3.63) is 0 Å². The van der Waals surface area contributed by atoms with E-state index in [1.165, 1.54) is 212 Å². The number of aliphatic hydroxyl groups is 1. The van der Waals surface area contributed by atoms with Crippen LogP contribution >= 0.6 is 15.6 Å². The predicted molar refractivity (Wildman–Crippen MR) is 382 cm³/mol. The number of hydrogen-bond donors (Lipinski definition) is 3. The van der Waals surface area contributed by atoms with Crippen molar-refractivity contribution in [3.63, 3.8) is 0 Å². The van der Waals surface area contributed by atoms with Crippen molar-refractivity contribution < 1.29 is 80.2 Å². The molecule has 0 bridgehead atoms. The lowest BCUT2D eigenvalue weighted by Gasteiger charge is -2.21. The minimum atomic E-state index is -4.95. The maximum Gasteiger partial charge on any atom is 0.472 e. The summed E-state index contributed by atoms with van der Waals surface area (Å²) in [6, 6.07) is 0. The number of hydrogen-bond acceptors (Lipinski definition) is 15. The number of rotatable bonds is 75. The summed E-state index contributed by atoms with van der Waals surface area (Å²) in [5.41, 5.74) is 0. The van der Waals surface area contributed by atoms with Crippen molar-refractivity contribution in [1.29, 1.82) is 0 Å². The molecule has 0 aromatic carbocycles. The molecule has 0 spiro atoms. The SMILES string of the molecule is CCCCCCCCCCCCCCCCCCCC(=O)OC[C@H](COP(=O)(O)OC[C@@H](O)COP(=O)(O)OC[C@@H](COC(=O)CCCCCCC)OC(=O)CCCCCCCCCCCCCCC(C)C)OC(=O)CCCCCCCCCCCCCCCCCCC. The maximum atomic E-state index is 13.1. The van der Waals surface area contributed by atoms with Gasteiger partial charge in [0.25, 0.3) is 0 Å².